The van der Waals surface area contributed by atoms with Gasteiger partial charge < -0.3 is 15.4 Å². The second kappa shape index (κ2) is 10.3. The van der Waals surface area contributed by atoms with Crippen molar-refractivity contribution in [2.75, 3.05) is 11.9 Å². The molecule has 1 aromatic heterocycles. The quantitative estimate of drug-likeness (QED) is 0.403. The monoisotopic (exact) mass is 552 g/mol. The molecule has 1 amide bonds. The number of benzene rings is 1. The molecule has 1 aliphatic heterocycles. The van der Waals surface area contributed by atoms with Gasteiger partial charge in [-0.05, 0) is 74.6 Å². The van der Waals surface area contributed by atoms with Crippen LogP contribution in [0.25, 0.3) is 0 Å². The Labute approximate surface area is 232 Å². The van der Waals surface area contributed by atoms with Crippen LogP contribution in [0.1, 0.15) is 85.7 Å². The molecule has 1 aromatic carbocycles. The third-order valence-electron chi connectivity index (χ3n) is 7.54. The summed E-state index contributed by atoms with van der Waals surface area (Å²) in [5.41, 5.74) is 4.71. The molecule has 2 N–H and O–H groups in total. The Kier molecular flexibility index (Phi) is 7.27. The van der Waals surface area contributed by atoms with Crippen LogP contribution >= 0.6 is 22.9 Å². The van der Waals surface area contributed by atoms with E-state index < -0.39 is 11.9 Å². The van der Waals surface area contributed by atoms with Crippen molar-refractivity contribution in [3.8, 4) is 0 Å². The topological polar surface area (TPSA) is 84.5 Å². The van der Waals surface area contributed by atoms with E-state index in [2.05, 4.69) is 24.5 Å². The van der Waals surface area contributed by atoms with Gasteiger partial charge in [-0.3, -0.25) is 9.59 Å². The number of allylic oxidation sites excluding steroid dienone is 3. The lowest BCUT2D eigenvalue weighted by atomic mass is 9.68. The number of fused-ring (bicyclic) bond motifs is 1. The zero-order valence-electron chi connectivity index (χ0n) is 22.3. The summed E-state index contributed by atoms with van der Waals surface area (Å²) in [7, 11) is 0. The zero-order chi connectivity index (χ0) is 27.2. The van der Waals surface area contributed by atoms with Crippen LogP contribution < -0.4 is 10.6 Å². The number of carbonyl (C=O) groups is 3. The van der Waals surface area contributed by atoms with E-state index in [1.54, 1.807) is 13.0 Å². The number of thiophene rings is 1. The molecule has 0 bridgehead atoms. The molecule has 0 unspecified atom stereocenters. The number of aryl methyl sites for hydroxylation is 1. The fraction of sp³-hybridized carbons (Fsp3) is 0.433. The highest BCUT2D eigenvalue weighted by Gasteiger charge is 2.43. The van der Waals surface area contributed by atoms with Crippen molar-refractivity contribution in [2.45, 2.75) is 72.1 Å². The van der Waals surface area contributed by atoms with Crippen LogP contribution in [0.3, 0.4) is 0 Å². The van der Waals surface area contributed by atoms with E-state index in [0.29, 0.717) is 45.3 Å². The lowest BCUT2D eigenvalue weighted by Crippen LogP contribution is -2.39. The van der Waals surface area contributed by atoms with E-state index in [0.717, 1.165) is 47.4 Å². The Morgan fingerprint density at radius 1 is 1.21 bits per heavy atom. The molecule has 0 radical (unpaired) electrons. The molecule has 5 rings (SSSR count). The summed E-state index contributed by atoms with van der Waals surface area (Å²) in [6, 6.07) is 7.36. The van der Waals surface area contributed by atoms with Crippen molar-refractivity contribution >= 4 is 45.6 Å². The molecule has 38 heavy (non-hydrogen) atoms. The Bertz CT molecular complexity index is 1400. The van der Waals surface area contributed by atoms with Crippen molar-refractivity contribution in [3.05, 3.63) is 73.4 Å². The number of amides is 1. The van der Waals surface area contributed by atoms with E-state index in [1.807, 2.05) is 25.1 Å². The van der Waals surface area contributed by atoms with Gasteiger partial charge in [0, 0.05) is 44.8 Å². The summed E-state index contributed by atoms with van der Waals surface area (Å²) in [6.45, 7) is 8.08. The number of rotatable bonds is 5. The second-order valence-electron chi connectivity index (χ2n) is 11.1. The van der Waals surface area contributed by atoms with Crippen LogP contribution in [0.5, 0.6) is 0 Å². The fourth-order valence-corrected chi connectivity index (χ4v) is 7.47. The molecule has 2 aliphatic carbocycles. The Hall–Kier alpha value is -2.90. The molecule has 1 atom stereocenters. The van der Waals surface area contributed by atoms with Gasteiger partial charge >= 0.3 is 5.97 Å². The van der Waals surface area contributed by atoms with Gasteiger partial charge in [-0.15, -0.1) is 11.3 Å². The van der Waals surface area contributed by atoms with Gasteiger partial charge in [-0.2, -0.15) is 0 Å². The number of hydrogen-bond donors (Lipinski definition) is 2. The van der Waals surface area contributed by atoms with Crippen LogP contribution in [-0.2, 0) is 27.2 Å². The maximum Gasteiger partial charge on any atom is 0.341 e. The number of nitrogens with one attached hydrogen (secondary N) is 2. The smallest absolute Gasteiger partial charge is 0.341 e. The molecule has 0 saturated carbocycles. The summed E-state index contributed by atoms with van der Waals surface area (Å²) >= 11 is 7.83. The van der Waals surface area contributed by atoms with Gasteiger partial charge in [0.15, 0.2) is 5.78 Å². The SMILES string of the molecule is CCOC(=O)c1c(NC(=O)C2=C(C)NC3=C(C(=O)CC(C)(C)C3)[C@H]2c2cccc(Cl)c2)sc2c1CCCC2. The number of esters is 1. The molecule has 6 nitrogen and oxygen atoms in total. The third-order valence-corrected chi connectivity index (χ3v) is 8.99. The number of halogens is 1. The molecule has 2 heterocycles. The standard InChI is InChI=1S/C30H33ClN2O4S/c1-5-37-29(36)25-19-11-6-7-12-22(19)38-28(25)33-27(35)23-16(2)32-20-14-30(3,4)15-21(34)26(20)24(23)17-9-8-10-18(31)13-17/h8-10,13,24,32H,5-7,11-12,14-15H2,1-4H3,(H,33,35)/t24-/m0/s1. The number of anilines is 1. The van der Waals surface area contributed by atoms with Gasteiger partial charge in [0.25, 0.3) is 5.91 Å². The van der Waals surface area contributed by atoms with Crippen LogP contribution in [0.2, 0.25) is 5.02 Å². The third kappa shape index (κ3) is 4.94. The summed E-state index contributed by atoms with van der Waals surface area (Å²) in [5.74, 6) is -1.27. The number of ether oxygens (including phenoxy) is 1. The van der Waals surface area contributed by atoms with Crippen molar-refractivity contribution in [3.63, 3.8) is 0 Å². The highest BCUT2D eigenvalue weighted by molar-refractivity contribution is 7.17. The lowest BCUT2D eigenvalue weighted by Gasteiger charge is -2.39. The van der Waals surface area contributed by atoms with Crippen LogP contribution in [-0.4, -0.2) is 24.3 Å². The van der Waals surface area contributed by atoms with Gasteiger partial charge in [0.05, 0.1) is 12.2 Å². The Balaban J connectivity index is 1.58. The minimum atomic E-state index is -0.561. The first-order chi connectivity index (χ1) is 18.1. The maximum atomic E-state index is 14.1. The molecule has 0 spiro atoms. The van der Waals surface area contributed by atoms with Crippen LogP contribution in [0, 0.1) is 5.41 Å². The number of ketones is 1. The molecular weight excluding hydrogens is 520 g/mol. The van der Waals surface area contributed by atoms with E-state index >= 15 is 0 Å². The first-order valence-electron chi connectivity index (χ1n) is 13.2. The zero-order valence-corrected chi connectivity index (χ0v) is 23.8. The van der Waals surface area contributed by atoms with Gasteiger partial charge in [0.2, 0.25) is 0 Å². The molecule has 2 aromatic rings. The lowest BCUT2D eigenvalue weighted by molar-refractivity contribution is -0.118. The van der Waals surface area contributed by atoms with Crippen molar-refractivity contribution in [1.29, 1.82) is 0 Å². The predicted molar refractivity (Wildman–Crippen MR) is 151 cm³/mol. The number of dihydropyridines is 1. The largest absolute Gasteiger partial charge is 0.462 e. The van der Waals surface area contributed by atoms with Crippen LogP contribution in [0.15, 0.2) is 46.8 Å². The number of Topliss-reactive ketones (excluding diaryl/α,β-unsaturated/α-hetero) is 1. The average Bonchev–Trinajstić information content (AvgIpc) is 3.20. The van der Waals surface area contributed by atoms with Crippen LogP contribution in [0.4, 0.5) is 5.00 Å². The van der Waals surface area contributed by atoms with Gasteiger partial charge in [0.1, 0.15) is 5.00 Å². The van der Waals surface area contributed by atoms with Gasteiger partial charge in [-0.1, -0.05) is 37.6 Å². The fourth-order valence-electron chi connectivity index (χ4n) is 6.00. The van der Waals surface area contributed by atoms with E-state index in [4.69, 9.17) is 16.3 Å². The van der Waals surface area contributed by atoms with Crippen molar-refractivity contribution < 1.29 is 19.1 Å². The number of carbonyl (C=O) groups excluding carboxylic acids is 3. The molecule has 200 valence electrons. The normalized spacial score (nSPS) is 20.4. The van der Waals surface area contributed by atoms with Crippen molar-refractivity contribution in [1.82, 2.24) is 5.32 Å². The highest BCUT2D eigenvalue weighted by Crippen LogP contribution is 2.47. The molecular formula is C30H33ClN2O4S. The minimum Gasteiger partial charge on any atom is -0.462 e. The molecule has 8 heteroatoms. The number of hydrogen-bond acceptors (Lipinski definition) is 6. The first kappa shape index (κ1) is 26.7. The highest BCUT2D eigenvalue weighted by atomic mass is 35.5. The van der Waals surface area contributed by atoms with E-state index in [1.165, 1.54) is 11.3 Å². The summed E-state index contributed by atoms with van der Waals surface area (Å²) in [4.78, 5) is 41.7. The maximum absolute atomic E-state index is 14.1. The Morgan fingerprint density at radius 3 is 2.71 bits per heavy atom. The van der Waals surface area contributed by atoms with Gasteiger partial charge in [-0.25, -0.2) is 4.79 Å². The predicted octanol–water partition coefficient (Wildman–Crippen LogP) is 6.70. The van der Waals surface area contributed by atoms with E-state index in [-0.39, 0.29) is 23.7 Å². The molecule has 3 aliphatic rings. The summed E-state index contributed by atoms with van der Waals surface area (Å²) in [6.07, 6.45) is 4.86. The second-order valence-corrected chi connectivity index (χ2v) is 12.6. The minimum absolute atomic E-state index is 0.0327. The summed E-state index contributed by atoms with van der Waals surface area (Å²) in [5, 5.41) is 7.52. The molecule has 0 saturated heterocycles. The Morgan fingerprint density at radius 2 is 1.97 bits per heavy atom. The summed E-state index contributed by atoms with van der Waals surface area (Å²) < 4.78 is 5.37. The average molecular weight is 553 g/mol. The first-order valence-corrected chi connectivity index (χ1v) is 14.4. The molecule has 0 fully saturated rings. The van der Waals surface area contributed by atoms with E-state index in [9.17, 15) is 14.4 Å². The van der Waals surface area contributed by atoms with Crippen molar-refractivity contribution in [2.24, 2.45) is 5.41 Å².